The van der Waals surface area contributed by atoms with Crippen LogP contribution in [0.1, 0.15) is 43.2 Å². The SMILES string of the molecule is O=C(CS(=O)Cc1cc(Cl)cc2c1OCOC2)N1CCCCCCC1. The predicted octanol–water partition coefficient (Wildman–Crippen LogP) is 3.25. The van der Waals surface area contributed by atoms with E-state index in [0.717, 1.165) is 37.1 Å². The van der Waals surface area contributed by atoms with E-state index in [1.807, 2.05) is 4.90 Å². The van der Waals surface area contributed by atoms with Crippen molar-refractivity contribution in [2.45, 2.75) is 44.5 Å². The molecule has 1 aromatic rings. The maximum Gasteiger partial charge on any atom is 0.235 e. The molecule has 0 bridgehead atoms. The Balaban J connectivity index is 1.62. The molecule has 0 radical (unpaired) electrons. The third-order valence-electron chi connectivity index (χ3n) is 4.56. The van der Waals surface area contributed by atoms with E-state index in [0.29, 0.717) is 17.4 Å². The number of carbonyl (C=O) groups excluding carboxylic acids is 1. The number of hydrogen-bond donors (Lipinski definition) is 0. The molecule has 0 aliphatic carbocycles. The van der Waals surface area contributed by atoms with E-state index in [4.69, 9.17) is 21.1 Å². The van der Waals surface area contributed by atoms with E-state index in [1.165, 1.54) is 19.3 Å². The molecule has 138 valence electrons. The van der Waals surface area contributed by atoms with Crippen molar-refractivity contribution >= 4 is 28.3 Å². The van der Waals surface area contributed by atoms with Gasteiger partial charge < -0.3 is 14.4 Å². The molecule has 7 heteroatoms. The lowest BCUT2D eigenvalue weighted by molar-refractivity contribution is -0.128. The van der Waals surface area contributed by atoms with Gasteiger partial charge in [0.1, 0.15) is 11.5 Å². The number of nitrogens with zero attached hydrogens (tertiary/aromatic N) is 1. The second kappa shape index (κ2) is 9.01. The van der Waals surface area contributed by atoms with Crippen LogP contribution in [0.2, 0.25) is 5.02 Å². The molecule has 25 heavy (non-hydrogen) atoms. The van der Waals surface area contributed by atoms with Crippen molar-refractivity contribution in [3.05, 3.63) is 28.3 Å². The van der Waals surface area contributed by atoms with Crippen molar-refractivity contribution in [1.29, 1.82) is 0 Å². The lowest BCUT2D eigenvalue weighted by Crippen LogP contribution is -2.37. The van der Waals surface area contributed by atoms with Crippen molar-refractivity contribution in [3.63, 3.8) is 0 Å². The second-order valence-corrected chi connectivity index (χ2v) is 8.43. The molecule has 1 atom stereocenters. The van der Waals surface area contributed by atoms with Gasteiger partial charge in [-0.2, -0.15) is 0 Å². The van der Waals surface area contributed by atoms with Gasteiger partial charge in [-0.3, -0.25) is 9.00 Å². The lowest BCUT2D eigenvalue weighted by atomic mass is 10.1. The molecule has 0 aromatic heterocycles. The maximum atomic E-state index is 12.6. The fourth-order valence-corrected chi connectivity index (χ4v) is 4.70. The van der Waals surface area contributed by atoms with Crippen molar-refractivity contribution in [2.24, 2.45) is 0 Å². The highest BCUT2D eigenvalue weighted by Crippen LogP contribution is 2.32. The number of amides is 1. The largest absolute Gasteiger partial charge is 0.467 e. The minimum Gasteiger partial charge on any atom is -0.467 e. The van der Waals surface area contributed by atoms with Gasteiger partial charge in [0.05, 0.1) is 12.4 Å². The predicted molar refractivity (Wildman–Crippen MR) is 98.1 cm³/mol. The summed E-state index contributed by atoms with van der Waals surface area (Å²) in [6.45, 7) is 2.18. The Morgan fingerprint density at radius 3 is 2.64 bits per heavy atom. The van der Waals surface area contributed by atoms with Gasteiger partial charge in [0.2, 0.25) is 5.91 Å². The fraction of sp³-hybridized carbons (Fsp3) is 0.611. The normalized spacial score (nSPS) is 19.3. The molecule has 1 aromatic carbocycles. The van der Waals surface area contributed by atoms with Crippen LogP contribution in [0.5, 0.6) is 5.75 Å². The average molecular weight is 386 g/mol. The number of halogens is 1. The van der Waals surface area contributed by atoms with E-state index in [9.17, 15) is 9.00 Å². The Hall–Kier alpha value is -1.11. The van der Waals surface area contributed by atoms with Crippen LogP contribution in [0, 0.1) is 0 Å². The van der Waals surface area contributed by atoms with Crippen LogP contribution in [-0.2, 0) is 32.7 Å². The van der Waals surface area contributed by atoms with Crippen LogP contribution in [-0.4, -0.2) is 40.7 Å². The van der Waals surface area contributed by atoms with E-state index < -0.39 is 10.8 Å². The molecule has 0 saturated carbocycles. The standard InChI is InChI=1S/C18H24ClNO4S/c19-16-8-14-10-23-13-24-18(14)15(9-16)11-25(22)12-17(21)20-6-4-2-1-3-5-7-20/h8-9H,1-7,10-13H2. The summed E-state index contributed by atoms with van der Waals surface area (Å²) in [5.41, 5.74) is 1.64. The maximum absolute atomic E-state index is 12.6. The van der Waals surface area contributed by atoms with E-state index in [1.54, 1.807) is 12.1 Å². The van der Waals surface area contributed by atoms with Crippen LogP contribution in [0.15, 0.2) is 12.1 Å². The summed E-state index contributed by atoms with van der Waals surface area (Å²) in [5.74, 6) is 1.00. The number of carbonyl (C=O) groups is 1. The van der Waals surface area contributed by atoms with Gasteiger partial charge in [-0.15, -0.1) is 0 Å². The molecule has 1 saturated heterocycles. The first kappa shape index (κ1) is 18.7. The number of fused-ring (bicyclic) bond motifs is 1. The fourth-order valence-electron chi connectivity index (χ4n) is 3.31. The Morgan fingerprint density at radius 1 is 1.16 bits per heavy atom. The molecule has 1 fully saturated rings. The quantitative estimate of drug-likeness (QED) is 0.798. The topological polar surface area (TPSA) is 55.8 Å². The highest BCUT2D eigenvalue weighted by atomic mass is 35.5. The van der Waals surface area contributed by atoms with Gasteiger partial charge in [-0.25, -0.2) is 0 Å². The summed E-state index contributed by atoms with van der Waals surface area (Å²) in [4.78, 5) is 14.3. The molecule has 2 heterocycles. The number of likely N-dealkylation sites (tertiary alicyclic amines) is 1. The van der Waals surface area contributed by atoms with Gasteiger partial charge in [0.25, 0.3) is 0 Å². The lowest BCUT2D eigenvalue weighted by Gasteiger charge is -2.25. The van der Waals surface area contributed by atoms with Crippen LogP contribution in [0.4, 0.5) is 0 Å². The molecular weight excluding hydrogens is 362 g/mol. The average Bonchev–Trinajstić information content (AvgIpc) is 2.54. The second-order valence-electron chi connectivity index (χ2n) is 6.54. The summed E-state index contributed by atoms with van der Waals surface area (Å²) in [7, 11) is -1.29. The molecule has 2 aliphatic rings. The van der Waals surface area contributed by atoms with Crippen molar-refractivity contribution in [1.82, 2.24) is 4.90 Å². The van der Waals surface area contributed by atoms with Crippen molar-refractivity contribution in [3.8, 4) is 5.75 Å². The highest BCUT2D eigenvalue weighted by Gasteiger charge is 2.21. The van der Waals surface area contributed by atoms with Gasteiger partial charge in [-0.1, -0.05) is 30.9 Å². The Bertz CT molecular complexity index is 644. The highest BCUT2D eigenvalue weighted by molar-refractivity contribution is 7.84. The molecule has 5 nitrogen and oxygen atoms in total. The minimum absolute atomic E-state index is 0.0135. The summed E-state index contributed by atoms with van der Waals surface area (Å²) in [6, 6.07) is 3.57. The number of hydrogen-bond acceptors (Lipinski definition) is 4. The van der Waals surface area contributed by atoms with Crippen molar-refractivity contribution in [2.75, 3.05) is 25.6 Å². The molecule has 3 rings (SSSR count). The number of benzene rings is 1. The first-order valence-electron chi connectivity index (χ1n) is 8.78. The summed E-state index contributed by atoms with van der Waals surface area (Å²) in [6.07, 6.45) is 5.65. The smallest absolute Gasteiger partial charge is 0.235 e. The number of rotatable bonds is 4. The van der Waals surface area contributed by atoms with Crippen LogP contribution >= 0.6 is 11.6 Å². The zero-order chi connectivity index (χ0) is 17.6. The van der Waals surface area contributed by atoms with Crippen LogP contribution in [0.3, 0.4) is 0 Å². The minimum atomic E-state index is -1.29. The van der Waals surface area contributed by atoms with Crippen LogP contribution < -0.4 is 4.74 Å². The molecule has 1 amide bonds. The van der Waals surface area contributed by atoms with E-state index in [2.05, 4.69) is 0 Å². The zero-order valence-corrected chi connectivity index (χ0v) is 15.9. The Morgan fingerprint density at radius 2 is 1.88 bits per heavy atom. The molecular formula is C18H24ClNO4S. The monoisotopic (exact) mass is 385 g/mol. The molecule has 0 N–H and O–H groups in total. The van der Waals surface area contributed by atoms with E-state index in [-0.39, 0.29) is 24.2 Å². The molecule has 0 spiro atoms. The number of ether oxygens (including phenoxy) is 2. The van der Waals surface area contributed by atoms with Crippen LogP contribution in [0.25, 0.3) is 0 Å². The summed E-state index contributed by atoms with van der Waals surface area (Å²) in [5, 5.41) is 0.565. The Kier molecular flexibility index (Phi) is 6.73. The van der Waals surface area contributed by atoms with Gasteiger partial charge in [0, 0.05) is 40.0 Å². The van der Waals surface area contributed by atoms with Gasteiger partial charge in [-0.05, 0) is 25.0 Å². The van der Waals surface area contributed by atoms with Crippen molar-refractivity contribution < 1.29 is 18.5 Å². The third-order valence-corrected chi connectivity index (χ3v) is 5.98. The van der Waals surface area contributed by atoms with Gasteiger partial charge >= 0.3 is 0 Å². The molecule has 2 aliphatic heterocycles. The summed E-state index contributed by atoms with van der Waals surface area (Å²) >= 11 is 6.14. The van der Waals surface area contributed by atoms with E-state index >= 15 is 0 Å². The first-order valence-corrected chi connectivity index (χ1v) is 10.6. The molecule has 1 unspecified atom stereocenters. The first-order chi connectivity index (χ1) is 12.1. The third kappa shape index (κ3) is 5.19. The zero-order valence-electron chi connectivity index (χ0n) is 14.3. The van der Waals surface area contributed by atoms with Gasteiger partial charge in [0.15, 0.2) is 6.79 Å². The Labute approximate surface area is 156 Å². The summed E-state index contributed by atoms with van der Waals surface area (Å²) < 4.78 is 23.4.